The van der Waals surface area contributed by atoms with Crippen LogP contribution in [0, 0.1) is 0 Å². The second kappa shape index (κ2) is 61.3. The van der Waals surface area contributed by atoms with Gasteiger partial charge in [-0.25, -0.2) is 4.57 Å². The van der Waals surface area contributed by atoms with Crippen molar-refractivity contribution in [1.82, 2.24) is 5.32 Å². The molecule has 2 N–H and O–H groups in total. The number of carbonyl (C=O) groups excluding carboxylic acids is 2. The number of phosphoric acid groups is 1. The Balaban J connectivity index is 5.08. The standard InChI is InChI=1S/C72H131N2O7P/c1-7-10-13-16-19-22-25-28-30-32-33-34-35-36-37-38-39-40-41-43-44-46-49-52-55-58-61-64-71(75)73-69(68-80-82(77,78)79-67-66-74(4,5)6)70(63-60-57-54-51-48-27-24-21-18-15-12-9-3)81-72(76)65-62-59-56-53-50-47-45-42-31-29-26-23-20-17-14-11-8-2/h19-20,22-23,28-31,33-34,45,47,60,63,69-70H,7-18,21,24-27,32,35-44,46,48-59,61-62,64-68H2,1-6H3,(H-,73,75,77,78)/p+1/b22-19-,23-20-,30-28-,31-29-,34-33-,47-45-,63-60-. The quantitative estimate of drug-likeness (QED) is 0.0205. The van der Waals surface area contributed by atoms with Gasteiger partial charge in [-0.05, 0) is 109 Å². The zero-order valence-corrected chi connectivity index (χ0v) is 55.4. The number of likely N-dealkylation sites (N-methyl/N-ethyl adjacent to an activating group) is 1. The number of nitrogens with one attached hydrogen (secondary N) is 1. The molecule has 0 rings (SSSR count). The molecule has 1 amide bonds. The number of unbranched alkanes of at least 4 members (excludes halogenated alkanes) is 34. The number of esters is 1. The van der Waals surface area contributed by atoms with Crippen LogP contribution in [0.1, 0.15) is 310 Å². The maximum absolute atomic E-state index is 13.6. The van der Waals surface area contributed by atoms with E-state index in [1.165, 1.54) is 180 Å². The van der Waals surface area contributed by atoms with Crippen molar-refractivity contribution in [3.63, 3.8) is 0 Å². The summed E-state index contributed by atoms with van der Waals surface area (Å²) in [5, 5.41) is 3.06. The maximum Gasteiger partial charge on any atom is 0.472 e. The molecular formula is C72H132N2O7P+. The number of amides is 1. The van der Waals surface area contributed by atoms with E-state index in [9.17, 15) is 19.0 Å². The Labute approximate surface area is 507 Å². The lowest BCUT2D eigenvalue weighted by Crippen LogP contribution is -2.47. The lowest BCUT2D eigenvalue weighted by molar-refractivity contribution is -0.870. The zero-order chi connectivity index (χ0) is 60.0. The molecule has 0 heterocycles. The van der Waals surface area contributed by atoms with E-state index in [2.05, 4.69) is 99.0 Å². The van der Waals surface area contributed by atoms with Gasteiger partial charge in [-0.3, -0.25) is 18.6 Å². The smallest absolute Gasteiger partial charge is 0.456 e. The minimum Gasteiger partial charge on any atom is -0.456 e. The third-order valence-corrected chi connectivity index (χ3v) is 16.0. The van der Waals surface area contributed by atoms with Crippen LogP contribution in [-0.2, 0) is 27.9 Å². The number of quaternary nitrogens is 1. The van der Waals surface area contributed by atoms with Gasteiger partial charge in [0, 0.05) is 12.8 Å². The fourth-order valence-electron chi connectivity index (χ4n) is 9.72. The summed E-state index contributed by atoms with van der Waals surface area (Å²) in [6.45, 7) is 6.96. The van der Waals surface area contributed by atoms with Gasteiger partial charge >= 0.3 is 13.8 Å². The van der Waals surface area contributed by atoms with Crippen LogP contribution in [0.15, 0.2) is 85.1 Å². The fourth-order valence-corrected chi connectivity index (χ4v) is 10.5. The summed E-state index contributed by atoms with van der Waals surface area (Å²) < 4.78 is 30.8. The van der Waals surface area contributed by atoms with Crippen molar-refractivity contribution in [1.29, 1.82) is 0 Å². The Kier molecular flexibility index (Phi) is 59.2. The van der Waals surface area contributed by atoms with Crippen molar-refractivity contribution in [3.8, 4) is 0 Å². The van der Waals surface area contributed by atoms with Crippen LogP contribution in [0.5, 0.6) is 0 Å². The van der Waals surface area contributed by atoms with Gasteiger partial charge in [-0.15, -0.1) is 0 Å². The average molecular weight is 1170 g/mol. The lowest BCUT2D eigenvalue weighted by atomic mass is 10.0. The predicted molar refractivity (Wildman–Crippen MR) is 355 cm³/mol. The Morgan fingerprint density at radius 3 is 1.13 bits per heavy atom. The molecule has 476 valence electrons. The number of rotatable bonds is 62. The Hall–Kier alpha value is -2.81. The van der Waals surface area contributed by atoms with Gasteiger partial charge in [-0.1, -0.05) is 273 Å². The van der Waals surface area contributed by atoms with E-state index >= 15 is 0 Å². The van der Waals surface area contributed by atoms with Crippen LogP contribution in [0.25, 0.3) is 0 Å². The van der Waals surface area contributed by atoms with Gasteiger partial charge < -0.3 is 19.4 Å². The molecule has 0 bridgehead atoms. The summed E-state index contributed by atoms with van der Waals surface area (Å²) in [6, 6.07) is -0.862. The summed E-state index contributed by atoms with van der Waals surface area (Å²) in [4.78, 5) is 37.8. The molecule has 0 radical (unpaired) electrons. The molecule has 0 fully saturated rings. The van der Waals surface area contributed by atoms with Gasteiger partial charge in [-0.2, -0.15) is 0 Å². The summed E-state index contributed by atoms with van der Waals surface area (Å²) >= 11 is 0. The van der Waals surface area contributed by atoms with Crippen LogP contribution in [0.3, 0.4) is 0 Å². The monoisotopic (exact) mass is 1170 g/mol. The van der Waals surface area contributed by atoms with E-state index in [4.69, 9.17) is 13.8 Å². The van der Waals surface area contributed by atoms with Gasteiger partial charge in [0.25, 0.3) is 0 Å². The number of allylic oxidation sites excluding steroid dienone is 13. The van der Waals surface area contributed by atoms with Crippen molar-refractivity contribution in [2.45, 2.75) is 322 Å². The molecule has 82 heavy (non-hydrogen) atoms. The molecule has 3 atom stereocenters. The molecule has 9 nitrogen and oxygen atoms in total. The highest BCUT2D eigenvalue weighted by atomic mass is 31.2. The molecule has 0 aliphatic heterocycles. The molecule has 0 saturated carbocycles. The number of nitrogens with zero attached hydrogens (tertiary/aromatic N) is 1. The molecule has 0 spiro atoms. The van der Waals surface area contributed by atoms with Crippen molar-refractivity contribution in [3.05, 3.63) is 85.1 Å². The first-order valence-corrected chi connectivity index (χ1v) is 35.9. The second-order valence-corrected chi connectivity index (χ2v) is 25.8. The van der Waals surface area contributed by atoms with Crippen molar-refractivity contribution in [2.75, 3.05) is 40.9 Å². The second-order valence-electron chi connectivity index (χ2n) is 24.3. The largest absolute Gasteiger partial charge is 0.472 e. The molecule has 0 aromatic heterocycles. The first-order valence-electron chi connectivity index (χ1n) is 34.4. The third kappa shape index (κ3) is 61.7. The molecule has 0 aromatic carbocycles. The normalized spacial score (nSPS) is 14.1. The summed E-state index contributed by atoms with van der Waals surface area (Å²) in [6.07, 6.45) is 81.6. The average Bonchev–Trinajstić information content (AvgIpc) is 3.47. The number of carbonyl (C=O) groups is 2. The molecule has 0 saturated heterocycles. The van der Waals surface area contributed by atoms with Crippen molar-refractivity contribution in [2.24, 2.45) is 0 Å². The highest BCUT2D eigenvalue weighted by molar-refractivity contribution is 7.47. The highest BCUT2D eigenvalue weighted by Gasteiger charge is 2.30. The van der Waals surface area contributed by atoms with E-state index in [1.807, 2.05) is 33.3 Å². The predicted octanol–water partition coefficient (Wildman–Crippen LogP) is 21.7. The molecule has 0 aromatic rings. The SMILES string of the molecule is CCCCC/C=C\C/C=C\C/C=C\CCCCCCCCCCCCCCCCC(=O)NC(COP(=O)(O)OCC[N+](C)(C)C)C(/C=C\CCCCCCCCCCCC)OC(=O)CCCCCC/C=C\C/C=C\C/C=C\CCCCC. The number of ether oxygens (including phenoxy) is 1. The Morgan fingerprint density at radius 2 is 0.744 bits per heavy atom. The van der Waals surface area contributed by atoms with E-state index < -0.39 is 20.0 Å². The zero-order valence-electron chi connectivity index (χ0n) is 54.5. The van der Waals surface area contributed by atoms with E-state index in [0.29, 0.717) is 23.9 Å². The minimum atomic E-state index is -4.46. The van der Waals surface area contributed by atoms with Crippen LogP contribution in [-0.4, -0.2) is 74.3 Å². The van der Waals surface area contributed by atoms with Gasteiger partial charge in [0.05, 0.1) is 33.8 Å². The maximum atomic E-state index is 13.6. The van der Waals surface area contributed by atoms with Gasteiger partial charge in [0.15, 0.2) is 0 Å². The Morgan fingerprint density at radius 1 is 0.427 bits per heavy atom. The summed E-state index contributed by atoms with van der Waals surface area (Å²) in [7, 11) is 1.48. The molecular weight excluding hydrogens is 1040 g/mol. The van der Waals surface area contributed by atoms with Crippen LogP contribution < -0.4 is 5.32 Å². The van der Waals surface area contributed by atoms with Crippen molar-refractivity contribution < 1.29 is 37.3 Å². The molecule has 0 aliphatic carbocycles. The molecule has 3 unspecified atom stereocenters. The van der Waals surface area contributed by atoms with Gasteiger partial charge in [0.2, 0.25) is 5.91 Å². The number of hydrogen-bond acceptors (Lipinski definition) is 6. The first-order chi connectivity index (χ1) is 39.9. The van der Waals surface area contributed by atoms with E-state index in [-0.39, 0.29) is 31.5 Å². The minimum absolute atomic E-state index is 0.0340. The molecule has 10 heteroatoms. The van der Waals surface area contributed by atoms with Crippen LogP contribution in [0.2, 0.25) is 0 Å². The molecule has 0 aliphatic rings. The topological polar surface area (TPSA) is 111 Å². The van der Waals surface area contributed by atoms with E-state index in [0.717, 1.165) is 89.9 Å². The third-order valence-electron chi connectivity index (χ3n) is 15.1. The summed E-state index contributed by atoms with van der Waals surface area (Å²) in [5.74, 6) is -0.526. The van der Waals surface area contributed by atoms with Crippen LogP contribution >= 0.6 is 7.82 Å². The fraction of sp³-hybridized carbons (Fsp3) is 0.778. The van der Waals surface area contributed by atoms with Crippen molar-refractivity contribution >= 4 is 19.7 Å². The highest BCUT2D eigenvalue weighted by Crippen LogP contribution is 2.43. The van der Waals surface area contributed by atoms with Gasteiger partial charge in [0.1, 0.15) is 19.3 Å². The van der Waals surface area contributed by atoms with E-state index in [1.54, 1.807) is 0 Å². The number of hydrogen-bond donors (Lipinski definition) is 2. The Bertz CT molecular complexity index is 1680. The summed E-state index contributed by atoms with van der Waals surface area (Å²) in [5.41, 5.74) is 0. The first kappa shape index (κ1) is 79.2. The number of phosphoric ester groups is 1. The van der Waals surface area contributed by atoms with Crippen LogP contribution in [0.4, 0.5) is 0 Å². The lowest BCUT2D eigenvalue weighted by Gasteiger charge is -2.27.